The minimum atomic E-state index is -0.474. The van der Waals surface area contributed by atoms with Crippen molar-refractivity contribution < 1.29 is 14.3 Å². The molecule has 0 bridgehead atoms. The third-order valence-corrected chi connectivity index (χ3v) is 3.22. The van der Waals surface area contributed by atoms with E-state index in [4.69, 9.17) is 0 Å². The summed E-state index contributed by atoms with van der Waals surface area (Å²) < 4.78 is 15.0. The van der Waals surface area contributed by atoms with Gasteiger partial charge in [-0.15, -0.1) is 0 Å². The Morgan fingerprint density at radius 2 is 2.26 bits per heavy atom. The van der Waals surface area contributed by atoms with Crippen molar-refractivity contribution in [2.45, 2.75) is 6.54 Å². The van der Waals surface area contributed by atoms with Crippen LogP contribution in [0.1, 0.15) is 21.7 Å². The second-order valence-electron chi connectivity index (χ2n) is 4.93. The van der Waals surface area contributed by atoms with Crippen molar-refractivity contribution in [3.63, 3.8) is 0 Å². The maximum absolute atomic E-state index is 13.2. The van der Waals surface area contributed by atoms with Crippen molar-refractivity contribution in [3.8, 4) is 0 Å². The number of nitrogens with one attached hydrogen (secondary N) is 1. The first-order valence-corrected chi connectivity index (χ1v) is 6.83. The molecule has 0 radical (unpaired) electrons. The monoisotopic (exact) mass is 312 g/mol. The standard InChI is InChI=1S/C16H13FN4O2/c17-13-3-1-2-11(6-13)8-21-5-4-12(9-21)14(22)7-15(23)16-18-10-19-20-16/h1-7,9-10,22H,8H2,(H,18,19,20). The Bertz CT molecular complexity index is 853. The fourth-order valence-electron chi connectivity index (χ4n) is 2.14. The van der Waals surface area contributed by atoms with Gasteiger partial charge in [-0.2, -0.15) is 5.10 Å². The molecule has 0 amide bonds. The Labute approximate surface area is 130 Å². The lowest BCUT2D eigenvalue weighted by molar-refractivity contribution is 0.103. The first kappa shape index (κ1) is 14.7. The predicted octanol–water partition coefficient (Wildman–Crippen LogP) is 2.58. The molecule has 0 spiro atoms. The van der Waals surface area contributed by atoms with Gasteiger partial charge in [0.2, 0.25) is 5.78 Å². The zero-order valence-corrected chi connectivity index (χ0v) is 12.0. The quantitative estimate of drug-likeness (QED) is 0.431. The van der Waals surface area contributed by atoms with Crippen LogP contribution in [0.2, 0.25) is 0 Å². The van der Waals surface area contributed by atoms with Crippen LogP contribution in [0, 0.1) is 5.82 Å². The summed E-state index contributed by atoms with van der Waals surface area (Å²) in [6, 6.07) is 7.95. The first-order valence-electron chi connectivity index (χ1n) is 6.83. The van der Waals surface area contributed by atoms with E-state index in [0.717, 1.165) is 11.6 Å². The molecule has 7 heteroatoms. The van der Waals surface area contributed by atoms with Crippen molar-refractivity contribution in [1.29, 1.82) is 0 Å². The third-order valence-electron chi connectivity index (χ3n) is 3.22. The number of hydrogen-bond donors (Lipinski definition) is 2. The summed E-state index contributed by atoms with van der Waals surface area (Å²) in [7, 11) is 0. The molecule has 0 aliphatic heterocycles. The number of aromatic amines is 1. The number of benzene rings is 1. The van der Waals surface area contributed by atoms with E-state index in [1.54, 1.807) is 29.1 Å². The van der Waals surface area contributed by atoms with Crippen LogP contribution >= 0.6 is 0 Å². The van der Waals surface area contributed by atoms with Crippen LogP contribution < -0.4 is 0 Å². The SMILES string of the molecule is O=C(C=C(O)c1ccn(Cc2cccc(F)c2)c1)c1ncn[nH]1. The summed E-state index contributed by atoms with van der Waals surface area (Å²) in [5, 5.41) is 16.0. The normalized spacial score (nSPS) is 11.6. The number of halogens is 1. The second-order valence-corrected chi connectivity index (χ2v) is 4.93. The molecule has 2 N–H and O–H groups in total. The number of carbonyl (C=O) groups is 1. The molecule has 3 aromatic rings. The largest absolute Gasteiger partial charge is 0.507 e. The molecule has 0 saturated heterocycles. The molecule has 0 saturated carbocycles. The Morgan fingerprint density at radius 3 is 3.00 bits per heavy atom. The van der Waals surface area contributed by atoms with E-state index < -0.39 is 5.78 Å². The highest BCUT2D eigenvalue weighted by Crippen LogP contribution is 2.14. The number of aliphatic hydroxyl groups is 1. The lowest BCUT2D eigenvalue weighted by Gasteiger charge is -2.03. The lowest BCUT2D eigenvalue weighted by Crippen LogP contribution is -1.99. The molecule has 2 heterocycles. The van der Waals surface area contributed by atoms with Crippen LogP contribution in [0.5, 0.6) is 0 Å². The summed E-state index contributed by atoms with van der Waals surface area (Å²) in [5.41, 5.74) is 1.28. The van der Waals surface area contributed by atoms with E-state index in [-0.39, 0.29) is 17.4 Å². The Hall–Kier alpha value is -3.22. The molecular formula is C16H13FN4O2. The van der Waals surface area contributed by atoms with Crippen molar-refractivity contribution in [2.75, 3.05) is 0 Å². The highest BCUT2D eigenvalue weighted by atomic mass is 19.1. The van der Waals surface area contributed by atoms with E-state index in [1.165, 1.54) is 18.5 Å². The van der Waals surface area contributed by atoms with Gasteiger partial charge in [0.05, 0.1) is 0 Å². The number of hydrogen-bond acceptors (Lipinski definition) is 4. The fourth-order valence-corrected chi connectivity index (χ4v) is 2.14. The third kappa shape index (κ3) is 3.52. The van der Waals surface area contributed by atoms with Crippen molar-refractivity contribution in [3.05, 3.63) is 77.9 Å². The lowest BCUT2D eigenvalue weighted by atomic mass is 10.2. The summed E-state index contributed by atoms with van der Waals surface area (Å²) >= 11 is 0. The number of H-pyrrole nitrogens is 1. The van der Waals surface area contributed by atoms with Crippen LogP contribution in [-0.4, -0.2) is 30.6 Å². The summed E-state index contributed by atoms with van der Waals surface area (Å²) in [6.07, 6.45) is 5.70. The van der Waals surface area contributed by atoms with Crippen LogP contribution in [0.15, 0.2) is 55.1 Å². The maximum Gasteiger partial charge on any atom is 0.226 e. The summed E-state index contributed by atoms with van der Waals surface area (Å²) in [4.78, 5) is 15.5. The van der Waals surface area contributed by atoms with Crippen LogP contribution in [0.25, 0.3) is 5.76 Å². The average Bonchev–Trinajstić information content (AvgIpc) is 3.18. The van der Waals surface area contributed by atoms with Gasteiger partial charge in [0.1, 0.15) is 17.9 Å². The molecule has 116 valence electrons. The Morgan fingerprint density at radius 1 is 1.39 bits per heavy atom. The predicted molar refractivity (Wildman–Crippen MR) is 81.3 cm³/mol. The molecule has 0 aliphatic carbocycles. The van der Waals surface area contributed by atoms with Crippen LogP contribution in [0.3, 0.4) is 0 Å². The fraction of sp³-hybridized carbons (Fsp3) is 0.0625. The van der Waals surface area contributed by atoms with Gasteiger partial charge in [0.25, 0.3) is 0 Å². The zero-order chi connectivity index (χ0) is 16.2. The topological polar surface area (TPSA) is 83.8 Å². The molecule has 6 nitrogen and oxygen atoms in total. The highest BCUT2D eigenvalue weighted by Gasteiger charge is 2.09. The molecule has 0 atom stereocenters. The van der Waals surface area contributed by atoms with Crippen molar-refractivity contribution >= 4 is 11.5 Å². The number of carbonyl (C=O) groups excluding carboxylic acids is 1. The van der Waals surface area contributed by atoms with Gasteiger partial charge in [0, 0.05) is 30.6 Å². The van der Waals surface area contributed by atoms with Crippen LogP contribution in [0.4, 0.5) is 4.39 Å². The smallest absolute Gasteiger partial charge is 0.226 e. The molecule has 0 aliphatic rings. The number of aliphatic hydroxyl groups excluding tert-OH is 1. The number of ketones is 1. The van der Waals surface area contributed by atoms with E-state index >= 15 is 0 Å². The van der Waals surface area contributed by atoms with E-state index in [2.05, 4.69) is 15.2 Å². The Kier molecular flexibility index (Phi) is 4.01. The summed E-state index contributed by atoms with van der Waals surface area (Å²) in [6.45, 7) is 0.459. The minimum absolute atomic E-state index is 0.0516. The maximum atomic E-state index is 13.2. The van der Waals surface area contributed by atoms with Gasteiger partial charge in [-0.1, -0.05) is 12.1 Å². The molecule has 2 aromatic heterocycles. The number of aromatic nitrogens is 4. The molecule has 0 unspecified atom stereocenters. The average molecular weight is 312 g/mol. The van der Waals surface area contributed by atoms with Gasteiger partial charge in [-0.3, -0.25) is 9.89 Å². The zero-order valence-electron chi connectivity index (χ0n) is 12.0. The van der Waals surface area contributed by atoms with Gasteiger partial charge in [0.15, 0.2) is 5.82 Å². The van der Waals surface area contributed by atoms with E-state index in [9.17, 15) is 14.3 Å². The van der Waals surface area contributed by atoms with Crippen molar-refractivity contribution in [1.82, 2.24) is 19.7 Å². The van der Waals surface area contributed by atoms with Gasteiger partial charge >= 0.3 is 0 Å². The summed E-state index contributed by atoms with van der Waals surface area (Å²) in [5.74, 6) is -0.895. The molecule has 3 rings (SSSR count). The van der Waals surface area contributed by atoms with Gasteiger partial charge < -0.3 is 9.67 Å². The van der Waals surface area contributed by atoms with Crippen molar-refractivity contribution in [2.24, 2.45) is 0 Å². The highest BCUT2D eigenvalue weighted by molar-refractivity contribution is 6.05. The van der Waals surface area contributed by atoms with Gasteiger partial charge in [-0.25, -0.2) is 9.37 Å². The van der Waals surface area contributed by atoms with E-state index in [0.29, 0.717) is 12.1 Å². The van der Waals surface area contributed by atoms with Crippen LogP contribution in [-0.2, 0) is 6.54 Å². The number of nitrogens with zero attached hydrogens (tertiary/aromatic N) is 3. The first-order chi connectivity index (χ1) is 11.1. The number of rotatable bonds is 5. The molecular weight excluding hydrogens is 299 g/mol. The molecule has 0 fully saturated rings. The molecule has 1 aromatic carbocycles. The molecule has 23 heavy (non-hydrogen) atoms. The Balaban J connectivity index is 1.75. The van der Waals surface area contributed by atoms with E-state index in [1.807, 2.05) is 6.07 Å². The van der Waals surface area contributed by atoms with Gasteiger partial charge in [-0.05, 0) is 23.8 Å². The minimum Gasteiger partial charge on any atom is -0.507 e. The number of allylic oxidation sites excluding steroid dienone is 1. The second kappa shape index (κ2) is 6.27.